The van der Waals surface area contributed by atoms with Gasteiger partial charge in [-0.15, -0.1) is 0 Å². The van der Waals surface area contributed by atoms with E-state index in [9.17, 15) is 4.21 Å². The Balaban J connectivity index is 1.55. The Kier molecular flexibility index (Phi) is 5.86. The Morgan fingerprint density at radius 3 is 2.60 bits per heavy atom. The van der Waals surface area contributed by atoms with Crippen molar-refractivity contribution >= 4 is 34.5 Å². The number of piperazine rings is 1. The normalized spacial score (nSPS) is 15.7. The molecule has 1 aliphatic rings. The lowest BCUT2D eigenvalue weighted by atomic mass is 10.1. The van der Waals surface area contributed by atoms with Gasteiger partial charge in [-0.2, -0.15) is 5.10 Å². The second kappa shape index (κ2) is 8.72. The average Bonchev–Trinajstić information content (AvgIpc) is 3.20. The first-order valence-corrected chi connectivity index (χ1v) is 11.1. The summed E-state index contributed by atoms with van der Waals surface area (Å²) in [6.07, 6.45) is 8.34. The minimum atomic E-state index is -0.940. The lowest BCUT2D eigenvalue weighted by molar-refractivity contribution is 0.411. The van der Waals surface area contributed by atoms with Crippen molar-refractivity contribution in [2.75, 3.05) is 42.7 Å². The van der Waals surface area contributed by atoms with E-state index in [-0.39, 0.29) is 0 Å². The first kappa shape index (κ1) is 20.2. The van der Waals surface area contributed by atoms with Crippen molar-refractivity contribution in [2.24, 2.45) is 7.05 Å². The molecule has 3 aromatic rings. The van der Waals surface area contributed by atoms with Crippen LogP contribution in [0.3, 0.4) is 0 Å². The number of benzene rings is 1. The molecule has 0 spiro atoms. The van der Waals surface area contributed by atoms with Crippen molar-refractivity contribution in [3.05, 3.63) is 48.5 Å². The predicted octanol–water partition coefficient (Wildman–Crippen LogP) is 2.03. The summed E-state index contributed by atoms with van der Waals surface area (Å²) in [6, 6.07) is 7.78. The highest BCUT2D eigenvalue weighted by Crippen LogP contribution is 2.27. The fraction of sp³-hybridized carbons (Fsp3) is 0.300. The zero-order valence-electron chi connectivity index (χ0n) is 16.9. The fourth-order valence-electron chi connectivity index (χ4n) is 3.44. The first-order chi connectivity index (χ1) is 14.5. The fourth-order valence-corrected chi connectivity index (χ4v) is 4.12. The van der Waals surface area contributed by atoms with Crippen LogP contribution in [0.5, 0.6) is 0 Å². The predicted molar refractivity (Wildman–Crippen MR) is 120 cm³/mol. The molecule has 4 rings (SSSR count). The molecular weight excluding hydrogens is 400 g/mol. The summed E-state index contributed by atoms with van der Waals surface area (Å²) in [7, 11) is 0.944. The second-order valence-electron chi connectivity index (χ2n) is 7.08. The molecule has 0 amide bonds. The van der Waals surface area contributed by atoms with Gasteiger partial charge in [0.1, 0.15) is 18.0 Å². The van der Waals surface area contributed by atoms with E-state index in [1.807, 2.05) is 48.0 Å². The van der Waals surface area contributed by atoms with Gasteiger partial charge in [-0.1, -0.05) is 12.1 Å². The van der Waals surface area contributed by atoms with Crippen LogP contribution >= 0.6 is 0 Å². The van der Waals surface area contributed by atoms with E-state index in [2.05, 4.69) is 25.3 Å². The highest BCUT2D eigenvalue weighted by atomic mass is 32.2. The van der Waals surface area contributed by atoms with Crippen molar-refractivity contribution in [3.8, 4) is 11.1 Å². The molecule has 2 N–H and O–H groups in total. The minimum Gasteiger partial charge on any atom is -0.354 e. The molecule has 1 unspecified atom stereocenters. The summed E-state index contributed by atoms with van der Waals surface area (Å²) in [4.78, 5) is 10.9. The zero-order chi connectivity index (χ0) is 21.1. The summed E-state index contributed by atoms with van der Waals surface area (Å²) < 4.78 is 15.4. The minimum absolute atomic E-state index is 0.660. The molecule has 0 bridgehead atoms. The lowest BCUT2D eigenvalue weighted by Crippen LogP contribution is -2.47. The molecule has 30 heavy (non-hydrogen) atoms. The van der Waals surface area contributed by atoms with Gasteiger partial charge in [0, 0.05) is 74.8 Å². The number of anilines is 3. The lowest BCUT2D eigenvalue weighted by Gasteiger charge is -2.33. The SMILES string of the molecule is Cn1cc(-c2ccc(C=N)c(Nc3cc(N4CCN(S(C)=O)CC4)ncn3)c2)cn1. The van der Waals surface area contributed by atoms with Crippen LogP contribution in [0.15, 0.2) is 43.0 Å². The van der Waals surface area contributed by atoms with Crippen molar-refractivity contribution in [3.63, 3.8) is 0 Å². The molecule has 156 valence electrons. The molecule has 0 saturated carbocycles. The number of nitrogens with one attached hydrogen (secondary N) is 2. The van der Waals surface area contributed by atoms with Crippen LogP contribution in [-0.2, 0) is 18.0 Å². The Morgan fingerprint density at radius 2 is 1.93 bits per heavy atom. The Hall–Kier alpha value is -3.11. The number of nitrogens with zero attached hydrogens (tertiary/aromatic N) is 6. The molecule has 10 heteroatoms. The molecule has 1 saturated heterocycles. The topological polar surface area (TPSA) is 103 Å². The number of aryl methyl sites for hydroxylation is 1. The standard InChI is InChI=1S/C20H24N8OS/c1-26-13-17(12-24-26)15-3-4-16(11-21)18(9-15)25-19-10-20(23-14-22-19)27-5-7-28(8-6-27)30(2)29/h3-4,9-14,21H,5-8H2,1-2H3,(H,22,23,25). The quantitative estimate of drug-likeness (QED) is 0.587. The Labute approximate surface area is 177 Å². The molecule has 0 aliphatic carbocycles. The van der Waals surface area contributed by atoms with E-state index in [0.29, 0.717) is 5.82 Å². The van der Waals surface area contributed by atoms with Gasteiger partial charge < -0.3 is 15.6 Å². The molecule has 0 radical (unpaired) electrons. The van der Waals surface area contributed by atoms with E-state index >= 15 is 0 Å². The third-order valence-corrected chi connectivity index (χ3v) is 6.18. The number of hydrogen-bond donors (Lipinski definition) is 2. The van der Waals surface area contributed by atoms with Gasteiger partial charge in [0.25, 0.3) is 0 Å². The molecule has 1 aliphatic heterocycles. The molecule has 1 atom stereocenters. The van der Waals surface area contributed by atoms with E-state index < -0.39 is 11.0 Å². The van der Waals surface area contributed by atoms with Gasteiger partial charge in [0.2, 0.25) is 0 Å². The van der Waals surface area contributed by atoms with Crippen LogP contribution in [0.4, 0.5) is 17.3 Å². The second-order valence-corrected chi connectivity index (χ2v) is 8.44. The summed E-state index contributed by atoms with van der Waals surface area (Å²) >= 11 is 0. The van der Waals surface area contributed by atoms with Crippen LogP contribution < -0.4 is 10.2 Å². The highest BCUT2D eigenvalue weighted by molar-refractivity contribution is 7.81. The maximum absolute atomic E-state index is 11.7. The molecular formula is C20H24N8OS. The van der Waals surface area contributed by atoms with E-state index in [1.54, 1.807) is 10.9 Å². The number of hydrogen-bond acceptors (Lipinski definition) is 7. The third kappa shape index (κ3) is 4.39. The van der Waals surface area contributed by atoms with E-state index in [1.165, 1.54) is 12.5 Å². The van der Waals surface area contributed by atoms with Gasteiger partial charge in [0.05, 0.1) is 17.2 Å². The van der Waals surface area contributed by atoms with Crippen molar-refractivity contribution < 1.29 is 4.21 Å². The van der Waals surface area contributed by atoms with Crippen molar-refractivity contribution in [2.45, 2.75) is 0 Å². The van der Waals surface area contributed by atoms with Crippen molar-refractivity contribution in [1.29, 1.82) is 5.41 Å². The van der Waals surface area contributed by atoms with Crippen LogP contribution in [0.2, 0.25) is 0 Å². The molecule has 3 heterocycles. The Morgan fingerprint density at radius 1 is 1.13 bits per heavy atom. The van der Waals surface area contributed by atoms with Gasteiger partial charge in [-0.3, -0.25) is 4.68 Å². The van der Waals surface area contributed by atoms with Gasteiger partial charge >= 0.3 is 0 Å². The van der Waals surface area contributed by atoms with E-state index in [0.717, 1.165) is 54.4 Å². The summed E-state index contributed by atoms with van der Waals surface area (Å²) in [5.41, 5.74) is 3.57. The molecule has 1 aromatic carbocycles. The summed E-state index contributed by atoms with van der Waals surface area (Å²) in [5, 5.41) is 15.3. The van der Waals surface area contributed by atoms with Gasteiger partial charge in [0.15, 0.2) is 0 Å². The smallest absolute Gasteiger partial charge is 0.135 e. The summed E-state index contributed by atoms with van der Waals surface area (Å²) in [6.45, 7) is 3.00. The van der Waals surface area contributed by atoms with Crippen LogP contribution in [-0.4, -0.2) is 66.9 Å². The maximum Gasteiger partial charge on any atom is 0.135 e. The molecule has 2 aromatic heterocycles. The number of aromatic nitrogens is 4. The van der Waals surface area contributed by atoms with Gasteiger partial charge in [-0.25, -0.2) is 18.5 Å². The Bertz CT molecular complexity index is 1070. The van der Waals surface area contributed by atoms with Crippen LogP contribution in [0, 0.1) is 5.41 Å². The zero-order valence-corrected chi connectivity index (χ0v) is 17.8. The number of rotatable bonds is 6. The van der Waals surface area contributed by atoms with Crippen LogP contribution in [0.25, 0.3) is 11.1 Å². The third-order valence-electron chi connectivity index (χ3n) is 5.09. The van der Waals surface area contributed by atoms with E-state index in [4.69, 9.17) is 5.41 Å². The van der Waals surface area contributed by atoms with Gasteiger partial charge in [-0.05, 0) is 11.6 Å². The first-order valence-electron chi connectivity index (χ1n) is 9.59. The highest BCUT2D eigenvalue weighted by Gasteiger charge is 2.20. The largest absolute Gasteiger partial charge is 0.354 e. The molecule has 1 fully saturated rings. The average molecular weight is 425 g/mol. The monoisotopic (exact) mass is 424 g/mol. The maximum atomic E-state index is 11.7. The molecule has 9 nitrogen and oxygen atoms in total. The van der Waals surface area contributed by atoms with Crippen LogP contribution in [0.1, 0.15) is 5.56 Å². The van der Waals surface area contributed by atoms with Crippen molar-refractivity contribution in [1.82, 2.24) is 24.1 Å². The summed E-state index contributed by atoms with van der Waals surface area (Å²) in [5.74, 6) is 1.49.